The molecule has 0 aliphatic rings. The molecule has 0 saturated heterocycles. The third kappa shape index (κ3) is 3.27. The zero-order chi connectivity index (χ0) is 15.6. The van der Waals surface area contributed by atoms with Gasteiger partial charge in [-0.3, -0.25) is 4.68 Å². The Morgan fingerprint density at radius 2 is 2.00 bits per heavy atom. The molecular weight excluding hydrogens is 309 g/mol. The summed E-state index contributed by atoms with van der Waals surface area (Å²) in [6.07, 6.45) is 0. The van der Waals surface area contributed by atoms with Gasteiger partial charge >= 0.3 is 0 Å². The smallest absolute Gasteiger partial charge is 0.143 e. The molecular formula is C15H19Cl2N3O. The normalized spacial score (nSPS) is 10.8. The quantitative estimate of drug-likeness (QED) is 0.881. The van der Waals surface area contributed by atoms with Crippen LogP contribution < -0.4 is 10.1 Å². The Balaban J connectivity index is 2.26. The third-order valence-corrected chi connectivity index (χ3v) is 4.28. The van der Waals surface area contributed by atoms with Gasteiger partial charge in [0.25, 0.3) is 0 Å². The van der Waals surface area contributed by atoms with Gasteiger partial charge in [0.1, 0.15) is 5.75 Å². The molecule has 0 spiro atoms. The second kappa shape index (κ2) is 6.58. The molecule has 0 atom stereocenters. The second-order valence-electron chi connectivity index (χ2n) is 4.82. The number of nitrogens with zero attached hydrogens (tertiary/aromatic N) is 2. The molecule has 4 nitrogen and oxygen atoms in total. The van der Waals surface area contributed by atoms with Crippen molar-refractivity contribution in [2.24, 2.45) is 0 Å². The fourth-order valence-electron chi connectivity index (χ4n) is 2.19. The number of hydrogen-bond donors (Lipinski definition) is 1. The summed E-state index contributed by atoms with van der Waals surface area (Å²) in [5.74, 6) is 0.709. The van der Waals surface area contributed by atoms with Gasteiger partial charge in [0, 0.05) is 17.6 Å². The van der Waals surface area contributed by atoms with Crippen LogP contribution in [0.5, 0.6) is 5.75 Å². The summed E-state index contributed by atoms with van der Waals surface area (Å²) in [4.78, 5) is 0. The van der Waals surface area contributed by atoms with E-state index in [1.54, 1.807) is 7.11 Å². The average Bonchev–Trinajstić information content (AvgIpc) is 2.75. The number of methoxy groups -OCH3 is 1. The SMILES string of the molecule is CCn1nc(C)c(Cl)c1CNc1cc(C)c(Cl)cc1OC. The Morgan fingerprint density at radius 1 is 1.29 bits per heavy atom. The minimum Gasteiger partial charge on any atom is -0.495 e. The van der Waals surface area contributed by atoms with E-state index in [4.69, 9.17) is 27.9 Å². The van der Waals surface area contributed by atoms with E-state index >= 15 is 0 Å². The lowest BCUT2D eigenvalue weighted by Crippen LogP contribution is -2.09. The van der Waals surface area contributed by atoms with Crippen molar-refractivity contribution >= 4 is 28.9 Å². The number of rotatable bonds is 5. The van der Waals surface area contributed by atoms with Crippen LogP contribution in [0, 0.1) is 13.8 Å². The fourth-order valence-corrected chi connectivity index (χ4v) is 2.54. The van der Waals surface area contributed by atoms with Crippen molar-refractivity contribution < 1.29 is 4.74 Å². The first kappa shape index (κ1) is 16.0. The summed E-state index contributed by atoms with van der Waals surface area (Å²) in [6, 6.07) is 3.78. The lowest BCUT2D eigenvalue weighted by Gasteiger charge is -2.14. The Labute approximate surface area is 135 Å². The molecule has 2 rings (SSSR count). The predicted octanol–water partition coefficient (Wildman–Crippen LogP) is 4.45. The van der Waals surface area contributed by atoms with E-state index in [0.29, 0.717) is 22.3 Å². The van der Waals surface area contributed by atoms with Crippen molar-refractivity contribution in [3.63, 3.8) is 0 Å². The van der Waals surface area contributed by atoms with E-state index in [0.717, 1.165) is 29.2 Å². The van der Waals surface area contributed by atoms with Crippen molar-refractivity contribution in [2.45, 2.75) is 33.9 Å². The van der Waals surface area contributed by atoms with Gasteiger partial charge < -0.3 is 10.1 Å². The molecule has 21 heavy (non-hydrogen) atoms. The van der Waals surface area contributed by atoms with Crippen LogP contribution in [0.1, 0.15) is 23.9 Å². The molecule has 1 aromatic carbocycles. The highest BCUT2D eigenvalue weighted by molar-refractivity contribution is 6.32. The number of ether oxygens (including phenoxy) is 1. The van der Waals surface area contributed by atoms with Gasteiger partial charge in [-0.15, -0.1) is 0 Å². The Hall–Kier alpha value is -1.39. The number of benzene rings is 1. The molecule has 114 valence electrons. The first-order chi connectivity index (χ1) is 9.97. The van der Waals surface area contributed by atoms with Crippen LogP contribution in [-0.2, 0) is 13.1 Å². The van der Waals surface area contributed by atoms with Gasteiger partial charge in [0.05, 0.1) is 35.8 Å². The summed E-state index contributed by atoms with van der Waals surface area (Å²) < 4.78 is 7.26. The van der Waals surface area contributed by atoms with E-state index in [9.17, 15) is 0 Å². The Morgan fingerprint density at radius 3 is 2.62 bits per heavy atom. The lowest BCUT2D eigenvalue weighted by molar-refractivity contribution is 0.416. The molecule has 0 radical (unpaired) electrons. The van der Waals surface area contributed by atoms with Crippen LogP contribution in [0.4, 0.5) is 5.69 Å². The number of hydrogen-bond acceptors (Lipinski definition) is 3. The van der Waals surface area contributed by atoms with Gasteiger partial charge in [-0.05, 0) is 32.4 Å². The minimum atomic E-state index is 0.574. The largest absolute Gasteiger partial charge is 0.495 e. The number of nitrogens with one attached hydrogen (secondary N) is 1. The monoisotopic (exact) mass is 327 g/mol. The van der Waals surface area contributed by atoms with Crippen molar-refractivity contribution in [2.75, 3.05) is 12.4 Å². The molecule has 1 N–H and O–H groups in total. The van der Waals surface area contributed by atoms with E-state index in [2.05, 4.69) is 10.4 Å². The van der Waals surface area contributed by atoms with Crippen LogP contribution in [0.3, 0.4) is 0 Å². The van der Waals surface area contributed by atoms with Crippen LogP contribution in [-0.4, -0.2) is 16.9 Å². The molecule has 2 aromatic rings. The maximum atomic E-state index is 6.31. The number of halogens is 2. The predicted molar refractivity (Wildman–Crippen MR) is 87.7 cm³/mol. The topological polar surface area (TPSA) is 39.1 Å². The zero-order valence-electron chi connectivity index (χ0n) is 12.6. The average molecular weight is 328 g/mol. The fraction of sp³-hybridized carbons (Fsp3) is 0.400. The molecule has 1 heterocycles. The standard InChI is InChI=1S/C15H19Cl2N3O/c1-5-20-13(15(17)10(3)19-20)8-18-12-6-9(2)11(16)7-14(12)21-4/h6-7,18H,5,8H2,1-4H3. The van der Waals surface area contributed by atoms with Gasteiger partial charge in [-0.1, -0.05) is 23.2 Å². The van der Waals surface area contributed by atoms with Crippen LogP contribution >= 0.6 is 23.2 Å². The first-order valence-electron chi connectivity index (χ1n) is 6.77. The summed E-state index contributed by atoms with van der Waals surface area (Å²) in [5.41, 5.74) is 3.68. The summed E-state index contributed by atoms with van der Waals surface area (Å²) >= 11 is 12.4. The number of aryl methyl sites for hydroxylation is 3. The van der Waals surface area contributed by atoms with E-state index in [1.807, 2.05) is 37.6 Å². The number of aromatic nitrogens is 2. The zero-order valence-corrected chi connectivity index (χ0v) is 14.1. The molecule has 0 aliphatic carbocycles. The van der Waals surface area contributed by atoms with E-state index < -0.39 is 0 Å². The lowest BCUT2D eigenvalue weighted by atomic mass is 10.2. The summed E-state index contributed by atoms with van der Waals surface area (Å²) in [7, 11) is 1.62. The molecule has 0 saturated carbocycles. The highest BCUT2D eigenvalue weighted by Gasteiger charge is 2.13. The molecule has 0 amide bonds. The van der Waals surface area contributed by atoms with Crippen LogP contribution in [0.15, 0.2) is 12.1 Å². The molecule has 0 unspecified atom stereocenters. The molecule has 6 heteroatoms. The van der Waals surface area contributed by atoms with E-state index in [1.165, 1.54) is 0 Å². The van der Waals surface area contributed by atoms with Gasteiger partial charge in [-0.25, -0.2) is 0 Å². The maximum Gasteiger partial charge on any atom is 0.143 e. The maximum absolute atomic E-state index is 6.31. The number of anilines is 1. The van der Waals surface area contributed by atoms with Crippen LogP contribution in [0.25, 0.3) is 0 Å². The van der Waals surface area contributed by atoms with Gasteiger partial charge in [0.15, 0.2) is 0 Å². The van der Waals surface area contributed by atoms with Crippen molar-refractivity contribution in [3.05, 3.63) is 39.1 Å². The minimum absolute atomic E-state index is 0.574. The first-order valence-corrected chi connectivity index (χ1v) is 7.53. The molecule has 0 aliphatic heterocycles. The van der Waals surface area contributed by atoms with Crippen molar-refractivity contribution in [1.82, 2.24) is 9.78 Å². The Kier molecular flexibility index (Phi) is 5.01. The molecule has 0 fully saturated rings. The third-order valence-electron chi connectivity index (χ3n) is 3.38. The second-order valence-corrected chi connectivity index (χ2v) is 5.60. The molecule has 0 bridgehead atoms. The highest BCUT2D eigenvalue weighted by Crippen LogP contribution is 2.32. The van der Waals surface area contributed by atoms with Crippen molar-refractivity contribution in [1.29, 1.82) is 0 Å². The Bertz CT molecular complexity index is 653. The highest BCUT2D eigenvalue weighted by atomic mass is 35.5. The van der Waals surface area contributed by atoms with Gasteiger partial charge in [-0.2, -0.15) is 5.10 Å². The van der Waals surface area contributed by atoms with Gasteiger partial charge in [0.2, 0.25) is 0 Å². The molecule has 1 aromatic heterocycles. The van der Waals surface area contributed by atoms with Crippen LogP contribution in [0.2, 0.25) is 10.0 Å². The van der Waals surface area contributed by atoms with E-state index in [-0.39, 0.29) is 0 Å². The summed E-state index contributed by atoms with van der Waals surface area (Å²) in [6.45, 7) is 7.26. The van der Waals surface area contributed by atoms with Crippen molar-refractivity contribution in [3.8, 4) is 5.75 Å². The summed E-state index contributed by atoms with van der Waals surface area (Å²) in [5, 5.41) is 9.14.